The van der Waals surface area contributed by atoms with E-state index in [1.807, 2.05) is 25.1 Å². The van der Waals surface area contributed by atoms with E-state index in [-0.39, 0.29) is 5.82 Å². The first-order valence-corrected chi connectivity index (χ1v) is 4.47. The first-order valence-electron chi connectivity index (χ1n) is 4.47. The molecule has 2 rings (SSSR count). The van der Waals surface area contributed by atoms with Gasteiger partial charge in [-0.15, -0.1) is 0 Å². The lowest BCUT2D eigenvalue weighted by atomic mass is 10.1. The third-order valence-corrected chi connectivity index (χ3v) is 2.02. The Bertz CT molecular complexity index is 489. The summed E-state index contributed by atoms with van der Waals surface area (Å²) in [6, 6.07) is 6.52. The minimum Gasteiger partial charge on any atom is -0.256 e. The molecule has 0 saturated carbocycles. The number of fused-ring (bicyclic) bond motifs is 1. The number of hydrogen-bond acceptors (Lipinski definition) is 1. The third-order valence-electron chi connectivity index (χ3n) is 2.02. The first-order chi connectivity index (χ1) is 6.79. The highest BCUT2D eigenvalue weighted by Gasteiger charge is 1.97. The van der Waals surface area contributed by atoms with Crippen molar-refractivity contribution < 1.29 is 4.39 Å². The molecule has 1 aromatic carbocycles. The molecule has 2 aromatic rings. The average Bonchev–Trinajstić information content (AvgIpc) is 2.17. The van der Waals surface area contributed by atoms with Crippen LogP contribution in [0.3, 0.4) is 0 Å². The van der Waals surface area contributed by atoms with E-state index in [0.29, 0.717) is 0 Å². The summed E-state index contributed by atoms with van der Waals surface area (Å²) >= 11 is 0. The number of benzene rings is 1. The molecular formula is C12H10FN. The standard InChI is InChI=1S/C12H10FN/c1-2-3-9-6-10-7-11(13)4-5-12(10)14-8-9/h2-8H,1H3/b3-2+. The summed E-state index contributed by atoms with van der Waals surface area (Å²) in [7, 11) is 0. The summed E-state index contributed by atoms with van der Waals surface area (Å²) in [6.45, 7) is 1.94. The minimum atomic E-state index is -0.225. The molecule has 0 bridgehead atoms. The second-order valence-corrected chi connectivity index (χ2v) is 3.11. The Hall–Kier alpha value is -1.70. The van der Waals surface area contributed by atoms with Gasteiger partial charge in [0.25, 0.3) is 0 Å². The molecule has 0 fully saturated rings. The molecule has 0 N–H and O–H groups in total. The molecule has 0 atom stereocenters. The van der Waals surface area contributed by atoms with Gasteiger partial charge >= 0.3 is 0 Å². The molecular weight excluding hydrogens is 177 g/mol. The van der Waals surface area contributed by atoms with Gasteiger partial charge in [0.05, 0.1) is 5.52 Å². The fourth-order valence-corrected chi connectivity index (χ4v) is 1.40. The van der Waals surface area contributed by atoms with Crippen molar-refractivity contribution in [1.82, 2.24) is 4.98 Å². The number of nitrogens with zero attached hydrogens (tertiary/aromatic N) is 1. The van der Waals surface area contributed by atoms with Gasteiger partial charge < -0.3 is 0 Å². The summed E-state index contributed by atoms with van der Waals surface area (Å²) in [5, 5.41) is 0.834. The number of halogens is 1. The van der Waals surface area contributed by atoms with Crippen LogP contribution in [-0.2, 0) is 0 Å². The Kier molecular flexibility index (Phi) is 2.27. The zero-order valence-electron chi connectivity index (χ0n) is 7.87. The predicted octanol–water partition coefficient (Wildman–Crippen LogP) is 3.41. The molecule has 0 aliphatic carbocycles. The van der Waals surface area contributed by atoms with Crippen molar-refractivity contribution in [3.8, 4) is 0 Å². The minimum absolute atomic E-state index is 0.225. The van der Waals surface area contributed by atoms with Crippen LogP contribution in [0.2, 0.25) is 0 Å². The van der Waals surface area contributed by atoms with Crippen LogP contribution in [0.1, 0.15) is 12.5 Å². The monoisotopic (exact) mass is 187 g/mol. The van der Waals surface area contributed by atoms with Gasteiger partial charge in [0.15, 0.2) is 0 Å². The van der Waals surface area contributed by atoms with Gasteiger partial charge in [-0.2, -0.15) is 0 Å². The van der Waals surface area contributed by atoms with E-state index in [9.17, 15) is 4.39 Å². The highest BCUT2D eigenvalue weighted by molar-refractivity contribution is 5.80. The largest absolute Gasteiger partial charge is 0.256 e. The lowest BCUT2D eigenvalue weighted by Crippen LogP contribution is -1.82. The number of hydrogen-bond donors (Lipinski definition) is 0. The molecule has 0 aliphatic rings. The second kappa shape index (κ2) is 3.58. The third kappa shape index (κ3) is 1.64. The van der Waals surface area contributed by atoms with Gasteiger partial charge in [-0.05, 0) is 36.8 Å². The van der Waals surface area contributed by atoms with Crippen molar-refractivity contribution in [3.05, 3.63) is 47.9 Å². The molecule has 0 unspecified atom stereocenters. The van der Waals surface area contributed by atoms with Gasteiger partial charge in [0.1, 0.15) is 5.82 Å². The molecule has 70 valence electrons. The van der Waals surface area contributed by atoms with E-state index in [1.54, 1.807) is 12.3 Å². The van der Waals surface area contributed by atoms with E-state index in [2.05, 4.69) is 4.98 Å². The maximum absolute atomic E-state index is 12.9. The normalized spacial score (nSPS) is 11.3. The van der Waals surface area contributed by atoms with Crippen LogP contribution >= 0.6 is 0 Å². The molecule has 1 nitrogen and oxygen atoms in total. The highest BCUT2D eigenvalue weighted by Crippen LogP contribution is 2.15. The van der Waals surface area contributed by atoms with Gasteiger partial charge in [-0.25, -0.2) is 4.39 Å². The summed E-state index contributed by atoms with van der Waals surface area (Å²) < 4.78 is 12.9. The lowest BCUT2D eigenvalue weighted by molar-refractivity contribution is 0.629. The van der Waals surface area contributed by atoms with Crippen LogP contribution in [0, 0.1) is 5.82 Å². The number of rotatable bonds is 1. The van der Waals surface area contributed by atoms with Gasteiger partial charge in [-0.3, -0.25) is 4.98 Å². The average molecular weight is 187 g/mol. The summed E-state index contributed by atoms with van der Waals surface area (Å²) in [5.41, 5.74) is 1.81. The van der Waals surface area contributed by atoms with Crippen LogP contribution in [0.5, 0.6) is 0 Å². The van der Waals surface area contributed by atoms with E-state index in [4.69, 9.17) is 0 Å². The number of aromatic nitrogens is 1. The molecule has 0 amide bonds. The fourth-order valence-electron chi connectivity index (χ4n) is 1.40. The molecule has 1 heterocycles. The van der Waals surface area contributed by atoms with Crippen molar-refractivity contribution in [1.29, 1.82) is 0 Å². The Morgan fingerprint density at radius 2 is 2.14 bits per heavy atom. The van der Waals surface area contributed by atoms with Crippen LogP contribution in [-0.4, -0.2) is 4.98 Å². The lowest BCUT2D eigenvalue weighted by Gasteiger charge is -1.98. The van der Waals surface area contributed by atoms with Crippen molar-refractivity contribution in [2.75, 3.05) is 0 Å². The maximum atomic E-state index is 12.9. The molecule has 0 spiro atoms. The Morgan fingerprint density at radius 3 is 2.93 bits per heavy atom. The van der Waals surface area contributed by atoms with Crippen molar-refractivity contribution in [2.45, 2.75) is 6.92 Å². The van der Waals surface area contributed by atoms with Crippen LogP contribution in [0.4, 0.5) is 4.39 Å². The summed E-state index contributed by atoms with van der Waals surface area (Å²) in [4.78, 5) is 4.22. The zero-order valence-corrected chi connectivity index (χ0v) is 7.87. The highest BCUT2D eigenvalue weighted by atomic mass is 19.1. The van der Waals surface area contributed by atoms with E-state index in [0.717, 1.165) is 16.5 Å². The van der Waals surface area contributed by atoms with E-state index >= 15 is 0 Å². The quantitative estimate of drug-likeness (QED) is 0.666. The smallest absolute Gasteiger partial charge is 0.123 e. The van der Waals surface area contributed by atoms with Crippen LogP contribution < -0.4 is 0 Å². The van der Waals surface area contributed by atoms with Gasteiger partial charge in [0, 0.05) is 11.6 Å². The Labute approximate surface area is 81.9 Å². The van der Waals surface area contributed by atoms with Gasteiger partial charge in [0.2, 0.25) is 0 Å². The second-order valence-electron chi connectivity index (χ2n) is 3.11. The SMILES string of the molecule is C/C=C/c1cnc2ccc(F)cc2c1. The number of pyridine rings is 1. The Balaban J connectivity index is 2.63. The number of allylic oxidation sites excluding steroid dienone is 1. The summed E-state index contributed by atoms with van der Waals surface area (Å²) in [5.74, 6) is -0.225. The summed E-state index contributed by atoms with van der Waals surface area (Å²) in [6.07, 6.45) is 5.65. The van der Waals surface area contributed by atoms with E-state index < -0.39 is 0 Å². The first kappa shape index (κ1) is 8.88. The molecule has 1 aromatic heterocycles. The van der Waals surface area contributed by atoms with Crippen molar-refractivity contribution in [3.63, 3.8) is 0 Å². The predicted molar refractivity (Wildman–Crippen MR) is 56.4 cm³/mol. The molecule has 0 radical (unpaired) electrons. The molecule has 0 saturated heterocycles. The van der Waals surface area contributed by atoms with Crippen molar-refractivity contribution in [2.24, 2.45) is 0 Å². The zero-order chi connectivity index (χ0) is 9.97. The van der Waals surface area contributed by atoms with Crippen molar-refractivity contribution >= 4 is 17.0 Å². The Morgan fingerprint density at radius 1 is 1.29 bits per heavy atom. The van der Waals surface area contributed by atoms with Gasteiger partial charge in [-0.1, -0.05) is 12.2 Å². The maximum Gasteiger partial charge on any atom is 0.123 e. The van der Waals surface area contributed by atoms with E-state index in [1.165, 1.54) is 12.1 Å². The fraction of sp³-hybridized carbons (Fsp3) is 0.0833. The molecule has 14 heavy (non-hydrogen) atoms. The van der Waals surface area contributed by atoms with Crippen LogP contribution in [0.25, 0.3) is 17.0 Å². The van der Waals surface area contributed by atoms with Crippen LogP contribution in [0.15, 0.2) is 36.5 Å². The molecule has 0 aliphatic heterocycles. The topological polar surface area (TPSA) is 12.9 Å². The molecule has 2 heteroatoms.